The molecule has 0 radical (unpaired) electrons. The number of alkyl halides is 1. The lowest BCUT2D eigenvalue weighted by atomic mass is 10.3. The Morgan fingerprint density at radius 2 is 2.00 bits per heavy atom. The van der Waals surface area contributed by atoms with Crippen molar-refractivity contribution in [1.29, 1.82) is 0 Å². The molecule has 0 spiro atoms. The van der Waals surface area contributed by atoms with Crippen LogP contribution in [0.1, 0.15) is 14.6 Å². The summed E-state index contributed by atoms with van der Waals surface area (Å²) in [4.78, 5) is 2.68. The summed E-state index contributed by atoms with van der Waals surface area (Å²) in [5.41, 5.74) is 0. The van der Waals surface area contributed by atoms with Crippen molar-refractivity contribution in [2.24, 2.45) is 0 Å². The fourth-order valence-corrected chi connectivity index (χ4v) is 5.79. The van der Waals surface area contributed by atoms with Gasteiger partial charge in [-0.05, 0) is 49.4 Å². The molecule has 0 fully saturated rings. The topological polar surface area (TPSA) is 0 Å². The maximum atomic E-state index is 6.02. The monoisotopic (exact) mass is 448 g/mol. The van der Waals surface area contributed by atoms with E-state index in [9.17, 15) is 0 Å². The summed E-state index contributed by atoms with van der Waals surface area (Å²) < 4.78 is 2.89. The van der Waals surface area contributed by atoms with Crippen LogP contribution in [-0.4, -0.2) is 0 Å². The van der Waals surface area contributed by atoms with Crippen LogP contribution >= 0.6 is 82.1 Å². The molecule has 0 aliphatic rings. The van der Waals surface area contributed by atoms with Crippen molar-refractivity contribution in [2.75, 3.05) is 0 Å². The Labute approximate surface area is 126 Å². The molecule has 0 nitrogen and oxygen atoms in total. The van der Waals surface area contributed by atoms with Gasteiger partial charge in [0.15, 0.2) is 0 Å². The third-order valence-electron chi connectivity index (χ3n) is 1.79. The molecular weight excluding hydrogens is 447 g/mol. The summed E-state index contributed by atoms with van der Waals surface area (Å²) >= 11 is 20.0. The van der Waals surface area contributed by atoms with E-state index in [0.717, 1.165) is 13.3 Å². The SMILES string of the molecule is Clc1sc(C(Br)c2sccc2Br)cc1Br. The van der Waals surface area contributed by atoms with Gasteiger partial charge in [-0.2, -0.15) is 0 Å². The molecule has 0 aromatic carbocycles. The van der Waals surface area contributed by atoms with Crippen molar-refractivity contribution in [1.82, 2.24) is 0 Å². The van der Waals surface area contributed by atoms with Gasteiger partial charge in [0.25, 0.3) is 0 Å². The molecule has 0 saturated heterocycles. The molecule has 2 rings (SSSR count). The summed E-state index contributed by atoms with van der Waals surface area (Å²) in [6.07, 6.45) is 0. The van der Waals surface area contributed by atoms with Gasteiger partial charge in [0.1, 0.15) is 4.34 Å². The van der Waals surface area contributed by atoms with Gasteiger partial charge in [-0.15, -0.1) is 22.7 Å². The Bertz CT molecular complexity index is 458. The van der Waals surface area contributed by atoms with E-state index < -0.39 is 0 Å². The summed E-state index contributed by atoms with van der Waals surface area (Å²) in [7, 11) is 0. The molecule has 0 amide bonds. The van der Waals surface area contributed by atoms with Gasteiger partial charge < -0.3 is 0 Å². The van der Waals surface area contributed by atoms with Gasteiger partial charge in [-0.3, -0.25) is 0 Å². The van der Waals surface area contributed by atoms with Gasteiger partial charge in [0.05, 0.1) is 4.83 Å². The van der Waals surface area contributed by atoms with E-state index in [1.54, 1.807) is 22.7 Å². The molecule has 0 aliphatic carbocycles. The van der Waals surface area contributed by atoms with Crippen LogP contribution in [0.5, 0.6) is 0 Å². The highest BCUT2D eigenvalue weighted by molar-refractivity contribution is 9.11. The zero-order valence-electron chi connectivity index (χ0n) is 7.14. The van der Waals surface area contributed by atoms with Crippen molar-refractivity contribution < 1.29 is 0 Å². The second-order valence-corrected chi connectivity index (χ2v) is 8.02. The number of halogens is 4. The third kappa shape index (κ3) is 2.69. The third-order valence-corrected chi connectivity index (χ3v) is 7.82. The molecule has 1 atom stereocenters. The largest absolute Gasteiger partial charge is 0.146 e. The summed E-state index contributed by atoms with van der Waals surface area (Å²) in [5.74, 6) is 0. The Balaban J connectivity index is 2.36. The fraction of sp³-hybridized carbons (Fsp3) is 0.111. The molecule has 1 unspecified atom stereocenters. The first kappa shape index (κ1) is 12.6. The van der Waals surface area contributed by atoms with Crippen molar-refractivity contribution in [2.45, 2.75) is 4.83 Å². The quantitative estimate of drug-likeness (QED) is 0.459. The van der Waals surface area contributed by atoms with Gasteiger partial charge in [0.2, 0.25) is 0 Å². The molecule has 0 bridgehead atoms. The highest BCUT2D eigenvalue weighted by Gasteiger charge is 2.18. The van der Waals surface area contributed by atoms with Crippen molar-refractivity contribution >= 4 is 82.1 Å². The highest BCUT2D eigenvalue weighted by atomic mass is 79.9. The molecule has 80 valence electrons. The van der Waals surface area contributed by atoms with Crippen LogP contribution in [0.4, 0.5) is 0 Å². The molecule has 6 heteroatoms. The molecule has 0 aliphatic heterocycles. The maximum absolute atomic E-state index is 6.02. The number of hydrogen-bond acceptors (Lipinski definition) is 2. The number of rotatable bonds is 2. The Kier molecular flexibility index (Phi) is 4.35. The summed E-state index contributed by atoms with van der Waals surface area (Å²) in [5, 5.41) is 2.07. The first-order chi connectivity index (χ1) is 7.09. The van der Waals surface area contributed by atoms with E-state index in [1.165, 1.54) is 9.75 Å². The first-order valence-electron chi connectivity index (χ1n) is 3.91. The average Bonchev–Trinajstić information content (AvgIpc) is 2.74. The van der Waals surface area contributed by atoms with Crippen LogP contribution in [0, 0.1) is 0 Å². The summed E-state index contributed by atoms with van der Waals surface area (Å²) in [6.45, 7) is 0. The molecule has 15 heavy (non-hydrogen) atoms. The zero-order chi connectivity index (χ0) is 11.0. The molecule has 0 saturated carbocycles. The fourth-order valence-electron chi connectivity index (χ4n) is 1.10. The molecule has 2 aromatic heterocycles. The smallest absolute Gasteiger partial charge is 0.107 e. The van der Waals surface area contributed by atoms with Crippen molar-refractivity contribution in [3.63, 3.8) is 0 Å². The predicted molar refractivity (Wildman–Crippen MR) is 79.8 cm³/mol. The molecular formula is C9H4Br3ClS2. The molecule has 2 heterocycles. The lowest BCUT2D eigenvalue weighted by Crippen LogP contribution is -1.85. The van der Waals surface area contributed by atoms with Gasteiger partial charge in [-0.1, -0.05) is 27.5 Å². The van der Waals surface area contributed by atoms with Crippen LogP contribution in [0.25, 0.3) is 0 Å². The molecule has 0 N–H and O–H groups in total. The van der Waals surface area contributed by atoms with Crippen LogP contribution in [0.2, 0.25) is 4.34 Å². The molecule has 2 aromatic rings. The van der Waals surface area contributed by atoms with Gasteiger partial charge >= 0.3 is 0 Å². The standard InChI is InChI=1S/C9H4Br3ClS2/c10-4-1-2-14-8(4)7(12)6-3-5(11)9(13)15-6/h1-3,7H. The van der Waals surface area contributed by atoms with Crippen molar-refractivity contribution in [3.8, 4) is 0 Å². The van der Waals surface area contributed by atoms with E-state index in [4.69, 9.17) is 11.6 Å². The summed E-state index contributed by atoms with van der Waals surface area (Å²) in [6, 6.07) is 4.11. The predicted octanol–water partition coefficient (Wildman–Crippen LogP) is 6.47. The Morgan fingerprint density at radius 3 is 2.47 bits per heavy atom. The minimum absolute atomic E-state index is 0.209. The van der Waals surface area contributed by atoms with E-state index in [0.29, 0.717) is 0 Å². The van der Waals surface area contributed by atoms with Gasteiger partial charge in [0, 0.05) is 18.7 Å². The Hall–Kier alpha value is 1.13. The lowest BCUT2D eigenvalue weighted by Gasteiger charge is -2.04. The average molecular weight is 451 g/mol. The first-order valence-corrected chi connectivity index (χ1v) is 8.49. The van der Waals surface area contributed by atoms with Crippen LogP contribution in [0.15, 0.2) is 26.5 Å². The van der Waals surface area contributed by atoms with Crippen LogP contribution < -0.4 is 0 Å². The van der Waals surface area contributed by atoms with E-state index in [-0.39, 0.29) is 4.83 Å². The van der Waals surface area contributed by atoms with Gasteiger partial charge in [-0.25, -0.2) is 0 Å². The number of hydrogen-bond donors (Lipinski definition) is 0. The van der Waals surface area contributed by atoms with Crippen LogP contribution in [-0.2, 0) is 0 Å². The van der Waals surface area contributed by atoms with E-state index in [2.05, 4.69) is 65.3 Å². The minimum atomic E-state index is 0.209. The normalized spacial score (nSPS) is 13.1. The zero-order valence-corrected chi connectivity index (χ0v) is 14.3. The van der Waals surface area contributed by atoms with Crippen molar-refractivity contribution in [3.05, 3.63) is 40.5 Å². The van der Waals surface area contributed by atoms with E-state index in [1.807, 2.05) is 0 Å². The van der Waals surface area contributed by atoms with Crippen LogP contribution in [0.3, 0.4) is 0 Å². The highest BCUT2D eigenvalue weighted by Crippen LogP contribution is 2.44. The second-order valence-electron chi connectivity index (χ2n) is 2.77. The van der Waals surface area contributed by atoms with E-state index >= 15 is 0 Å². The second kappa shape index (κ2) is 5.19. The Morgan fingerprint density at radius 1 is 1.27 bits per heavy atom. The maximum Gasteiger partial charge on any atom is 0.107 e. The minimum Gasteiger partial charge on any atom is -0.146 e. The lowest BCUT2D eigenvalue weighted by molar-refractivity contribution is 1.27. The number of thiophene rings is 2.